The summed E-state index contributed by atoms with van der Waals surface area (Å²) in [6.07, 6.45) is 2.34. The molecular formula is C27H30N4O5S. The van der Waals surface area contributed by atoms with Gasteiger partial charge in [-0.1, -0.05) is 30.7 Å². The number of carbonyl (C=O) groups excluding carboxylic acids is 1. The molecule has 37 heavy (non-hydrogen) atoms. The second-order valence-corrected chi connectivity index (χ2v) is 9.17. The number of aryl methyl sites for hydroxylation is 1. The van der Waals surface area contributed by atoms with Crippen molar-refractivity contribution in [3.63, 3.8) is 0 Å². The molecule has 9 nitrogen and oxygen atoms in total. The summed E-state index contributed by atoms with van der Waals surface area (Å²) in [7, 11) is 0. The Kier molecular flexibility index (Phi) is 8.97. The first-order chi connectivity index (χ1) is 18.0. The van der Waals surface area contributed by atoms with Crippen molar-refractivity contribution in [2.24, 2.45) is 10.1 Å². The van der Waals surface area contributed by atoms with Crippen LogP contribution in [-0.2, 0) is 9.53 Å². The molecule has 0 fully saturated rings. The minimum Gasteiger partial charge on any atom is -0.491 e. The monoisotopic (exact) mass is 522 g/mol. The molecule has 2 aliphatic rings. The molecular weight excluding hydrogens is 492 g/mol. The highest BCUT2D eigenvalue weighted by Crippen LogP contribution is 2.32. The van der Waals surface area contributed by atoms with Crippen LogP contribution >= 0.6 is 11.8 Å². The number of rotatable bonds is 12. The third-order valence-electron chi connectivity index (χ3n) is 5.38. The largest absolute Gasteiger partial charge is 0.491 e. The lowest BCUT2D eigenvalue weighted by molar-refractivity contribution is -0.114. The summed E-state index contributed by atoms with van der Waals surface area (Å²) in [5, 5.41) is 15.5. The Labute approximate surface area is 220 Å². The van der Waals surface area contributed by atoms with Crippen molar-refractivity contribution in [3.8, 4) is 17.2 Å². The first-order valence-corrected chi connectivity index (χ1v) is 13.0. The lowest BCUT2D eigenvalue weighted by Gasteiger charge is -2.20. The minimum atomic E-state index is -0.460. The fraction of sp³-hybridized carbons (Fsp3) is 0.333. The molecule has 2 aromatic carbocycles. The van der Waals surface area contributed by atoms with Gasteiger partial charge in [-0.15, -0.1) is 0 Å². The molecule has 2 aliphatic heterocycles. The van der Waals surface area contributed by atoms with Gasteiger partial charge in [0.2, 0.25) is 5.17 Å². The Morgan fingerprint density at radius 1 is 0.973 bits per heavy atom. The van der Waals surface area contributed by atoms with E-state index in [1.54, 1.807) is 24.3 Å². The maximum absolute atomic E-state index is 12.6. The summed E-state index contributed by atoms with van der Waals surface area (Å²) < 4.78 is 22.9. The molecule has 2 aromatic rings. The number of fused-ring (bicyclic) bond motifs is 1. The topological polar surface area (TPSA) is 106 Å². The number of hydrogen-bond acceptors (Lipinski definition) is 8. The van der Waals surface area contributed by atoms with E-state index in [2.05, 4.69) is 10.1 Å². The highest BCUT2D eigenvalue weighted by molar-refractivity contribution is 8.26. The number of aliphatic imine (C=N–C) groups is 1. The van der Waals surface area contributed by atoms with Crippen molar-refractivity contribution in [1.82, 2.24) is 5.01 Å². The molecule has 0 unspecified atom stereocenters. The molecule has 1 amide bonds. The van der Waals surface area contributed by atoms with Crippen LogP contribution < -0.4 is 14.2 Å². The van der Waals surface area contributed by atoms with Gasteiger partial charge in [0, 0.05) is 0 Å². The van der Waals surface area contributed by atoms with Crippen LogP contribution in [0, 0.1) is 12.3 Å². The number of benzene rings is 2. The quantitative estimate of drug-likeness (QED) is 0.312. The molecule has 2 heterocycles. The van der Waals surface area contributed by atoms with Crippen LogP contribution in [0.3, 0.4) is 0 Å². The van der Waals surface area contributed by atoms with Crippen LogP contribution in [0.1, 0.15) is 31.4 Å². The van der Waals surface area contributed by atoms with Crippen molar-refractivity contribution in [2.45, 2.75) is 27.2 Å². The van der Waals surface area contributed by atoms with Gasteiger partial charge in [-0.2, -0.15) is 15.1 Å². The van der Waals surface area contributed by atoms with Gasteiger partial charge >= 0.3 is 0 Å². The van der Waals surface area contributed by atoms with Crippen LogP contribution in [0.15, 0.2) is 58.1 Å². The molecule has 4 rings (SSSR count). The molecule has 0 radical (unpaired) electrons. The SMILES string of the molecule is CCOc1cc(C=C2C(=N)N3N=C(CC)SC3=NC2=O)ccc1OCCOCCOc1ccc(C)cc1. The van der Waals surface area contributed by atoms with Crippen LogP contribution in [0.4, 0.5) is 0 Å². The molecule has 10 heteroatoms. The summed E-state index contributed by atoms with van der Waals surface area (Å²) in [6, 6.07) is 13.3. The number of nitrogens with zero attached hydrogens (tertiary/aromatic N) is 3. The van der Waals surface area contributed by atoms with Crippen LogP contribution in [0.25, 0.3) is 6.08 Å². The maximum Gasteiger partial charge on any atom is 0.283 e. The van der Waals surface area contributed by atoms with E-state index in [4.69, 9.17) is 24.4 Å². The molecule has 0 bridgehead atoms. The Hall–Kier alpha value is -3.63. The summed E-state index contributed by atoms with van der Waals surface area (Å²) in [4.78, 5) is 16.7. The van der Waals surface area contributed by atoms with E-state index in [1.807, 2.05) is 45.0 Å². The molecule has 0 aromatic heterocycles. The highest BCUT2D eigenvalue weighted by Gasteiger charge is 2.35. The number of carbonyl (C=O) groups is 1. The van der Waals surface area contributed by atoms with Gasteiger partial charge in [-0.3, -0.25) is 10.2 Å². The van der Waals surface area contributed by atoms with Gasteiger partial charge in [0.1, 0.15) is 24.0 Å². The fourth-order valence-corrected chi connectivity index (χ4v) is 4.33. The number of hydrazone groups is 1. The Bertz CT molecular complexity index is 1240. The van der Waals surface area contributed by atoms with Gasteiger partial charge < -0.3 is 18.9 Å². The number of amides is 1. The van der Waals surface area contributed by atoms with Crippen LogP contribution in [0.5, 0.6) is 17.2 Å². The third-order valence-corrected chi connectivity index (χ3v) is 6.43. The van der Waals surface area contributed by atoms with E-state index >= 15 is 0 Å². The summed E-state index contributed by atoms with van der Waals surface area (Å²) in [5.41, 5.74) is 2.05. The molecule has 0 saturated heterocycles. The molecule has 0 aliphatic carbocycles. The van der Waals surface area contributed by atoms with Gasteiger partial charge in [0.05, 0.1) is 25.4 Å². The molecule has 0 saturated carbocycles. The van der Waals surface area contributed by atoms with E-state index < -0.39 is 5.91 Å². The van der Waals surface area contributed by atoms with Gasteiger partial charge in [0.25, 0.3) is 5.91 Å². The second kappa shape index (κ2) is 12.6. The van der Waals surface area contributed by atoms with Crippen molar-refractivity contribution < 1.29 is 23.7 Å². The zero-order valence-electron chi connectivity index (χ0n) is 21.2. The average molecular weight is 523 g/mol. The average Bonchev–Trinajstić information content (AvgIpc) is 3.31. The number of ether oxygens (including phenoxy) is 4. The maximum atomic E-state index is 12.6. The predicted molar refractivity (Wildman–Crippen MR) is 146 cm³/mol. The zero-order chi connectivity index (χ0) is 26.2. The molecule has 1 N–H and O–H groups in total. The van der Waals surface area contributed by atoms with E-state index in [9.17, 15) is 4.79 Å². The highest BCUT2D eigenvalue weighted by atomic mass is 32.2. The number of thioether (sulfide) groups is 1. The smallest absolute Gasteiger partial charge is 0.283 e. The van der Waals surface area contributed by atoms with Crippen molar-refractivity contribution in [1.29, 1.82) is 5.41 Å². The zero-order valence-corrected chi connectivity index (χ0v) is 22.0. The van der Waals surface area contributed by atoms with Crippen LogP contribution in [-0.4, -0.2) is 60.0 Å². The van der Waals surface area contributed by atoms with E-state index in [0.29, 0.717) is 61.7 Å². The molecule has 194 valence electrons. The standard InChI is InChI=1S/C27H30N4O5S/c1-4-24-30-31-25(28)21(26(32)29-27(31)37-24)16-19-8-11-22(23(17-19)34-5-2)36-15-13-33-12-14-35-20-9-6-18(3)7-10-20/h6-11,16-17,28H,4-5,12-15H2,1-3H3. The Morgan fingerprint density at radius 3 is 2.46 bits per heavy atom. The predicted octanol–water partition coefficient (Wildman–Crippen LogP) is 4.90. The summed E-state index contributed by atoms with van der Waals surface area (Å²) in [5.74, 6) is 1.48. The van der Waals surface area contributed by atoms with E-state index in [-0.39, 0.29) is 11.4 Å². The number of amidine groups is 2. The minimum absolute atomic E-state index is 0.00717. The van der Waals surface area contributed by atoms with E-state index in [1.165, 1.54) is 22.3 Å². The van der Waals surface area contributed by atoms with Gasteiger partial charge in [-0.25, -0.2) is 0 Å². The Balaban J connectivity index is 1.32. The molecule has 0 spiro atoms. The lowest BCUT2D eigenvalue weighted by atomic mass is 10.1. The first-order valence-electron chi connectivity index (χ1n) is 12.1. The molecule has 0 atom stereocenters. The van der Waals surface area contributed by atoms with Crippen molar-refractivity contribution in [2.75, 3.05) is 33.0 Å². The summed E-state index contributed by atoms with van der Waals surface area (Å²) in [6.45, 7) is 7.99. The number of hydrogen-bond donors (Lipinski definition) is 1. The van der Waals surface area contributed by atoms with Crippen molar-refractivity contribution in [3.05, 3.63) is 59.2 Å². The number of nitrogens with one attached hydrogen (secondary N) is 1. The van der Waals surface area contributed by atoms with Crippen LogP contribution in [0.2, 0.25) is 0 Å². The van der Waals surface area contributed by atoms with E-state index in [0.717, 1.165) is 10.8 Å². The van der Waals surface area contributed by atoms with Gasteiger partial charge in [-0.05, 0) is 67.9 Å². The van der Waals surface area contributed by atoms with Gasteiger partial charge in [0.15, 0.2) is 17.3 Å². The lowest BCUT2D eigenvalue weighted by Crippen LogP contribution is -2.35. The second-order valence-electron chi connectivity index (χ2n) is 8.13. The summed E-state index contributed by atoms with van der Waals surface area (Å²) >= 11 is 1.32. The normalized spacial score (nSPS) is 16.0. The first kappa shape index (κ1) is 26.4. The Morgan fingerprint density at radius 2 is 1.73 bits per heavy atom. The fourth-order valence-electron chi connectivity index (χ4n) is 3.51. The van der Waals surface area contributed by atoms with Crippen molar-refractivity contribution >= 4 is 39.8 Å². The third kappa shape index (κ3) is 6.78.